The molecule has 0 saturated heterocycles. The van der Waals surface area contributed by atoms with E-state index in [0.717, 1.165) is 12.8 Å². The molecule has 0 bridgehead atoms. The minimum Gasteiger partial charge on any atom is -0.495 e. The van der Waals surface area contributed by atoms with Crippen molar-refractivity contribution in [3.63, 3.8) is 0 Å². The van der Waals surface area contributed by atoms with Crippen molar-refractivity contribution in [2.75, 3.05) is 25.6 Å². The van der Waals surface area contributed by atoms with Gasteiger partial charge in [-0.25, -0.2) is 9.78 Å². The summed E-state index contributed by atoms with van der Waals surface area (Å²) < 4.78 is 16.3. The Hall–Kier alpha value is -5.71. The number of aromatic nitrogens is 1. The fourth-order valence-corrected chi connectivity index (χ4v) is 4.70. The van der Waals surface area contributed by atoms with Crippen molar-refractivity contribution in [1.29, 1.82) is 0 Å². The highest BCUT2D eigenvalue weighted by atomic mass is 16.5. The number of amides is 2. The number of carboxylic acid groups (broad SMARTS) is 1. The maximum atomic E-state index is 13.3. The van der Waals surface area contributed by atoms with Gasteiger partial charge in [0.1, 0.15) is 29.5 Å². The number of ether oxygens (including phenoxy) is 3. The number of carbonyl (C=O) groups is 4. The minimum absolute atomic E-state index is 0.00104. The predicted octanol–water partition coefficient (Wildman–Crippen LogP) is 6.64. The molecule has 0 spiro atoms. The summed E-state index contributed by atoms with van der Waals surface area (Å²) in [5, 5.41) is 12.2. The van der Waals surface area contributed by atoms with E-state index in [1.54, 1.807) is 66.7 Å². The molecule has 3 aromatic carbocycles. The normalized spacial score (nSPS) is 10.5. The third kappa shape index (κ3) is 10.7. The summed E-state index contributed by atoms with van der Waals surface area (Å²) in [7, 11) is 1.50. The van der Waals surface area contributed by atoms with Gasteiger partial charge in [-0.3, -0.25) is 14.4 Å². The van der Waals surface area contributed by atoms with Crippen LogP contribution >= 0.6 is 0 Å². The second-order valence-electron chi connectivity index (χ2n) is 11.0. The molecule has 11 nitrogen and oxygen atoms in total. The van der Waals surface area contributed by atoms with E-state index in [1.165, 1.54) is 55.7 Å². The lowest BCUT2D eigenvalue weighted by atomic mass is 10.1. The summed E-state index contributed by atoms with van der Waals surface area (Å²) in [4.78, 5) is 55.3. The Labute approximate surface area is 279 Å². The molecule has 0 atom stereocenters. The summed E-state index contributed by atoms with van der Waals surface area (Å²) in [6.45, 7) is 2.28. The molecule has 250 valence electrons. The maximum Gasteiger partial charge on any atom is 0.343 e. The zero-order valence-electron chi connectivity index (χ0n) is 27.0. The van der Waals surface area contributed by atoms with Crippen molar-refractivity contribution >= 4 is 29.4 Å². The number of benzene rings is 3. The number of hydrogen-bond acceptors (Lipinski definition) is 8. The molecular weight excluding hydrogens is 614 g/mol. The number of methoxy groups -OCH3 is 1. The Kier molecular flexibility index (Phi) is 13.1. The van der Waals surface area contributed by atoms with Crippen LogP contribution in [0.3, 0.4) is 0 Å². The Balaban J connectivity index is 1.31. The average molecular weight is 654 g/mol. The Morgan fingerprint density at radius 2 is 1.42 bits per heavy atom. The molecule has 1 heterocycles. The fourth-order valence-electron chi connectivity index (χ4n) is 4.70. The summed E-state index contributed by atoms with van der Waals surface area (Å²) >= 11 is 0. The van der Waals surface area contributed by atoms with E-state index in [9.17, 15) is 24.3 Å². The van der Waals surface area contributed by atoms with Gasteiger partial charge in [-0.15, -0.1) is 0 Å². The second kappa shape index (κ2) is 17.8. The van der Waals surface area contributed by atoms with E-state index in [-0.39, 0.29) is 17.8 Å². The molecule has 0 aliphatic carbocycles. The van der Waals surface area contributed by atoms with Crippen LogP contribution in [-0.4, -0.2) is 59.0 Å². The first kappa shape index (κ1) is 35.1. The molecule has 0 fully saturated rings. The number of anilines is 1. The molecule has 0 radical (unpaired) electrons. The molecule has 4 aromatic rings. The molecule has 0 aliphatic heterocycles. The smallest absolute Gasteiger partial charge is 0.343 e. The zero-order valence-corrected chi connectivity index (χ0v) is 27.0. The number of rotatable bonds is 17. The van der Waals surface area contributed by atoms with Gasteiger partial charge in [0.25, 0.3) is 11.8 Å². The van der Waals surface area contributed by atoms with Crippen LogP contribution in [0, 0.1) is 0 Å². The highest BCUT2D eigenvalue weighted by Gasteiger charge is 2.20. The van der Waals surface area contributed by atoms with Crippen LogP contribution < -0.4 is 19.5 Å². The van der Waals surface area contributed by atoms with Gasteiger partial charge in [0.05, 0.1) is 25.5 Å². The number of esters is 1. The van der Waals surface area contributed by atoms with Gasteiger partial charge in [-0.1, -0.05) is 44.7 Å². The van der Waals surface area contributed by atoms with E-state index in [0.29, 0.717) is 40.7 Å². The quantitative estimate of drug-likeness (QED) is 0.0728. The van der Waals surface area contributed by atoms with Gasteiger partial charge in [0, 0.05) is 17.8 Å². The van der Waals surface area contributed by atoms with Gasteiger partial charge in [-0.2, -0.15) is 0 Å². The van der Waals surface area contributed by atoms with Crippen LogP contribution in [0.5, 0.6) is 17.2 Å². The van der Waals surface area contributed by atoms with Crippen molar-refractivity contribution in [3.05, 3.63) is 114 Å². The first-order chi connectivity index (χ1) is 23.2. The van der Waals surface area contributed by atoms with E-state index in [2.05, 4.69) is 17.2 Å². The summed E-state index contributed by atoms with van der Waals surface area (Å²) in [5.41, 5.74) is 1.87. The van der Waals surface area contributed by atoms with Crippen molar-refractivity contribution < 1.29 is 38.5 Å². The molecular formula is C37H39N3O8. The van der Waals surface area contributed by atoms with Crippen LogP contribution in [0.15, 0.2) is 91.1 Å². The Morgan fingerprint density at radius 3 is 2.04 bits per heavy atom. The lowest BCUT2D eigenvalue weighted by Gasteiger charge is -2.21. The number of aliphatic carboxylic acids is 1. The van der Waals surface area contributed by atoms with Gasteiger partial charge in [0.15, 0.2) is 0 Å². The molecule has 4 rings (SSSR count). The standard InChI is InChI=1S/C37H39N3O8/c1-3-4-5-6-7-22-47-30-18-12-28(13-19-30)37(45)48-31-16-8-26(9-17-31)24-40(25-34(41)42)36(44)27-10-14-29(15-11-27)39-35(43)33-21-20-32(46-2)23-38-33/h8-21,23H,3-7,22,24-25H2,1-2H3,(H,39,43)(H,41,42). The Morgan fingerprint density at radius 1 is 0.771 bits per heavy atom. The molecule has 11 heteroatoms. The topological polar surface area (TPSA) is 144 Å². The molecule has 0 aliphatic rings. The molecule has 0 unspecified atom stereocenters. The van der Waals surface area contributed by atoms with Crippen molar-refractivity contribution in [2.45, 2.75) is 45.6 Å². The average Bonchev–Trinajstić information content (AvgIpc) is 3.10. The molecule has 2 amide bonds. The second-order valence-corrected chi connectivity index (χ2v) is 11.0. The van der Waals surface area contributed by atoms with Gasteiger partial charge in [-0.05, 0) is 84.8 Å². The van der Waals surface area contributed by atoms with E-state index in [1.807, 2.05) is 0 Å². The van der Waals surface area contributed by atoms with E-state index >= 15 is 0 Å². The third-order valence-corrected chi connectivity index (χ3v) is 7.32. The van der Waals surface area contributed by atoms with Crippen molar-refractivity contribution in [2.24, 2.45) is 0 Å². The van der Waals surface area contributed by atoms with Crippen LogP contribution in [0.4, 0.5) is 5.69 Å². The lowest BCUT2D eigenvalue weighted by molar-refractivity contribution is -0.137. The number of carboxylic acids is 1. The number of carbonyl (C=O) groups excluding carboxylic acids is 3. The maximum absolute atomic E-state index is 13.3. The monoisotopic (exact) mass is 653 g/mol. The number of unbranched alkanes of at least 4 members (excludes halogenated alkanes) is 4. The van der Waals surface area contributed by atoms with Gasteiger partial charge < -0.3 is 29.5 Å². The van der Waals surface area contributed by atoms with Crippen molar-refractivity contribution in [3.8, 4) is 17.2 Å². The van der Waals surface area contributed by atoms with Crippen molar-refractivity contribution in [1.82, 2.24) is 9.88 Å². The number of hydrogen-bond donors (Lipinski definition) is 2. The highest BCUT2D eigenvalue weighted by molar-refractivity contribution is 6.03. The molecule has 0 saturated carbocycles. The Bertz CT molecular complexity index is 1660. The van der Waals surface area contributed by atoms with Crippen LogP contribution in [0.25, 0.3) is 0 Å². The molecule has 2 N–H and O–H groups in total. The first-order valence-electron chi connectivity index (χ1n) is 15.7. The fraction of sp³-hybridized carbons (Fsp3) is 0.270. The number of pyridine rings is 1. The number of nitrogens with one attached hydrogen (secondary N) is 1. The van der Waals surface area contributed by atoms with E-state index < -0.39 is 30.3 Å². The van der Waals surface area contributed by atoms with Crippen LogP contribution in [0.2, 0.25) is 0 Å². The third-order valence-electron chi connectivity index (χ3n) is 7.32. The number of nitrogens with zero attached hydrogens (tertiary/aromatic N) is 2. The van der Waals surface area contributed by atoms with E-state index in [4.69, 9.17) is 14.2 Å². The predicted molar refractivity (Wildman–Crippen MR) is 180 cm³/mol. The highest BCUT2D eigenvalue weighted by Crippen LogP contribution is 2.20. The zero-order chi connectivity index (χ0) is 34.3. The summed E-state index contributed by atoms with van der Waals surface area (Å²) in [5.74, 6) is -1.14. The van der Waals surface area contributed by atoms with Gasteiger partial charge >= 0.3 is 11.9 Å². The lowest BCUT2D eigenvalue weighted by Crippen LogP contribution is -2.35. The van der Waals surface area contributed by atoms with Crippen LogP contribution in [0.1, 0.15) is 75.8 Å². The summed E-state index contributed by atoms with van der Waals surface area (Å²) in [6.07, 6.45) is 7.18. The SMILES string of the molecule is CCCCCCCOc1ccc(C(=O)Oc2ccc(CN(CC(=O)O)C(=O)c3ccc(NC(=O)c4ccc(OC)cn4)cc3)cc2)cc1. The first-order valence-corrected chi connectivity index (χ1v) is 15.7. The minimum atomic E-state index is -1.17. The van der Waals surface area contributed by atoms with Crippen LogP contribution in [-0.2, 0) is 11.3 Å². The molecule has 48 heavy (non-hydrogen) atoms. The largest absolute Gasteiger partial charge is 0.495 e. The van der Waals surface area contributed by atoms with Gasteiger partial charge in [0.2, 0.25) is 0 Å². The molecule has 1 aromatic heterocycles. The summed E-state index contributed by atoms with van der Waals surface area (Å²) in [6, 6.07) is 22.5.